The third-order valence-electron chi connectivity index (χ3n) is 2.40. The lowest BCUT2D eigenvalue weighted by Crippen LogP contribution is -2.15. The van der Waals surface area contributed by atoms with Crippen LogP contribution in [0.15, 0.2) is 27.6 Å². The Balaban J connectivity index is 2.45. The standard InChI is InChI=1S/C11H12FN3O3S/c1-6-3-8(13)5-9(11(6)12)19(16,17)15-10-4-7(2)18-14-10/h3-5H,13H2,1-2H3,(H,14,15). The van der Waals surface area contributed by atoms with Gasteiger partial charge in [0.05, 0.1) is 0 Å². The number of benzene rings is 1. The van der Waals surface area contributed by atoms with Crippen LogP contribution in [-0.4, -0.2) is 13.6 Å². The molecule has 0 unspecified atom stereocenters. The molecule has 2 rings (SSSR count). The van der Waals surface area contributed by atoms with Gasteiger partial charge in [-0.2, -0.15) is 0 Å². The number of sulfonamides is 1. The first kappa shape index (κ1) is 13.3. The van der Waals surface area contributed by atoms with E-state index in [0.29, 0.717) is 5.76 Å². The van der Waals surface area contributed by atoms with Crippen LogP contribution in [-0.2, 0) is 10.0 Å². The maximum Gasteiger partial charge on any atom is 0.266 e. The molecule has 0 saturated carbocycles. The second-order valence-electron chi connectivity index (χ2n) is 4.08. The first-order valence-electron chi connectivity index (χ1n) is 5.31. The highest BCUT2D eigenvalue weighted by Crippen LogP contribution is 2.23. The number of nitrogens with two attached hydrogens (primary N) is 1. The van der Waals surface area contributed by atoms with Gasteiger partial charge >= 0.3 is 0 Å². The average Bonchev–Trinajstić information content (AvgIpc) is 2.68. The van der Waals surface area contributed by atoms with Crippen molar-refractivity contribution in [1.82, 2.24) is 5.16 Å². The van der Waals surface area contributed by atoms with Gasteiger partial charge in [-0.05, 0) is 31.5 Å². The van der Waals surface area contributed by atoms with E-state index in [2.05, 4.69) is 9.88 Å². The molecule has 0 bridgehead atoms. The van der Waals surface area contributed by atoms with Crippen molar-refractivity contribution in [2.75, 3.05) is 10.5 Å². The van der Waals surface area contributed by atoms with Crippen molar-refractivity contribution in [2.45, 2.75) is 18.7 Å². The van der Waals surface area contributed by atoms with Gasteiger partial charge in [0.2, 0.25) is 0 Å². The highest BCUT2D eigenvalue weighted by Gasteiger charge is 2.22. The van der Waals surface area contributed by atoms with Crippen molar-refractivity contribution in [3.05, 3.63) is 35.3 Å². The number of anilines is 2. The van der Waals surface area contributed by atoms with Crippen LogP contribution in [0, 0.1) is 19.7 Å². The summed E-state index contributed by atoms with van der Waals surface area (Å²) in [5, 5.41) is 3.48. The van der Waals surface area contributed by atoms with E-state index in [9.17, 15) is 12.8 Å². The van der Waals surface area contributed by atoms with Crippen LogP contribution in [0.5, 0.6) is 0 Å². The summed E-state index contributed by atoms with van der Waals surface area (Å²) < 4.78 is 44.8. The largest absolute Gasteiger partial charge is 0.399 e. The molecule has 0 fully saturated rings. The fourth-order valence-electron chi connectivity index (χ4n) is 1.57. The summed E-state index contributed by atoms with van der Waals surface area (Å²) in [7, 11) is -4.10. The maximum atomic E-state index is 13.9. The number of rotatable bonds is 3. The summed E-state index contributed by atoms with van der Waals surface area (Å²) in [6.07, 6.45) is 0. The van der Waals surface area contributed by atoms with Crippen LogP contribution < -0.4 is 10.5 Å². The van der Waals surface area contributed by atoms with E-state index in [4.69, 9.17) is 10.3 Å². The Morgan fingerprint density at radius 2 is 2.00 bits per heavy atom. The molecule has 3 N–H and O–H groups in total. The summed E-state index contributed by atoms with van der Waals surface area (Å²) >= 11 is 0. The second-order valence-corrected chi connectivity index (χ2v) is 5.73. The number of aromatic nitrogens is 1. The average molecular weight is 285 g/mol. The molecule has 6 nitrogen and oxygen atoms in total. The fourth-order valence-corrected chi connectivity index (χ4v) is 2.74. The zero-order chi connectivity index (χ0) is 14.2. The molecule has 8 heteroatoms. The summed E-state index contributed by atoms with van der Waals surface area (Å²) in [5.74, 6) is -0.430. The molecule has 19 heavy (non-hydrogen) atoms. The zero-order valence-electron chi connectivity index (χ0n) is 10.3. The van der Waals surface area contributed by atoms with Crippen LogP contribution in [0.2, 0.25) is 0 Å². The van der Waals surface area contributed by atoms with Gasteiger partial charge in [0.15, 0.2) is 5.82 Å². The Kier molecular flexibility index (Phi) is 3.19. The van der Waals surface area contributed by atoms with E-state index in [1.54, 1.807) is 6.92 Å². The number of nitrogens with zero attached hydrogens (tertiary/aromatic N) is 1. The van der Waals surface area contributed by atoms with Crippen molar-refractivity contribution in [2.24, 2.45) is 0 Å². The molecule has 0 radical (unpaired) electrons. The summed E-state index contributed by atoms with van der Waals surface area (Å²) in [5.41, 5.74) is 5.84. The summed E-state index contributed by atoms with van der Waals surface area (Å²) in [6, 6.07) is 3.79. The van der Waals surface area contributed by atoms with Gasteiger partial charge in [-0.15, -0.1) is 0 Å². The van der Waals surface area contributed by atoms with Gasteiger partial charge in [-0.3, -0.25) is 4.72 Å². The second kappa shape index (κ2) is 4.54. The Morgan fingerprint density at radius 1 is 1.32 bits per heavy atom. The van der Waals surface area contributed by atoms with E-state index >= 15 is 0 Å². The molecule has 0 aliphatic heterocycles. The minimum atomic E-state index is -4.10. The molecule has 0 aliphatic carbocycles. The predicted molar refractivity (Wildman–Crippen MR) is 67.6 cm³/mol. The van der Waals surface area contributed by atoms with E-state index in [1.807, 2.05) is 0 Å². The highest BCUT2D eigenvalue weighted by molar-refractivity contribution is 7.92. The summed E-state index contributed by atoms with van der Waals surface area (Å²) in [6.45, 7) is 3.04. The van der Waals surface area contributed by atoms with Gasteiger partial charge < -0.3 is 10.3 Å². The molecular weight excluding hydrogens is 273 g/mol. The van der Waals surface area contributed by atoms with Gasteiger partial charge in [-0.25, -0.2) is 12.8 Å². The molecule has 1 aromatic heterocycles. The Bertz CT molecular complexity index is 725. The normalized spacial score (nSPS) is 11.5. The van der Waals surface area contributed by atoms with Crippen LogP contribution in [0.4, 0.5) is 15.9 Å². The van der Waals surface area contributed by atoms with Gasteiger partial charge in [0, 0.05) is 11.8 Å². The smallest absolute Gasteiger partial charge is 0.266 e. The van der Waals surface area contributed by atoms with Gasteiger partial charge in [-0.1, -0.05) is 5.16 Å². The lowest BCUT2D eigenvalue weighted by atomic mass is 10.2. The van der Waals surface area contributed by atoms with Crippen molar-refractivity contribution >= 4 is 21.5 Å². The van der Waals surface area contributed by atoms with Crippen LogP contribution >= 0.6 is 0 Å². The third-order valence-corrected chi connectivity index (χ3v) is 3.75. The molecule has 2 aromatic rings. The molecule has 0 amide bonds. The first-order valence-corrected chi connectivity index (χ1v) is 6.79. The minimum Gasteiger partial charge on any atom is -0.399 e. The van der Waals surface area contributed by atoms with E-state index in [-0.39, 0.29) is 17.1 Å². The molecule has 0 spiro atoms. The maximum absolute atomic E-state index is 13.9. The number of nitrogen functional groups attached to an aromatic ring is 1. The van der Waals surface area contributed by atoms with E-state index in [1.165, 1.54) is 19.1 Å². The molecule has 0 atom stereocenters. The molecule has 0 aliphatic rings. The van der Waals surface area contributed by atoms with Crippen LogP contribution in [0.3, 0.4) is 0 Å². The molecule has 102 valence electrons. The van der Waals surface area contributed by atoms with E-state index in [0.717, 1.165) is 6.07 Å². The van der Waals surface area contributed by atoms with Crippen molar-refractivity contribution in [1.29, 1.82) is 0 Å². The molecule has 0 saturated heterocycles. The molecule has 1 heterocycles. The Labute approximate surface area is 109 Å². The summed E-state index contributed by atoms with van der Waals surface area (Å²) in [4.78, 5) is -0.523. The Morgan fingerprint density at radius 3 is 2.58 bits per heavy atom. The highest BCUT2D eigenvalue weighted by atomic mass is 32.2. The van der Waals surface area contributed by atoms with Crippen molar-refractivity contribution in [3.8, 4) is 0 Å². The number of halogens is 1. The fraction of sp³-hybridized carbons (Fsp3) is 0.182. The predicted octanol–water partition coefficient (Wildman–Crippen LogP) is 1.81. The monoisotopic (exact) mass is 285 g/mol. The van der Waals surface area contributed by atoms with Crippen molar-refractivity contribution < 1.29 is 17.3 Å². The number of nitrogens with one attached hydrogen (secondary N) is 1. The topological polar surface area (TPSA) is 98.2 Å². The SMILES string of the molecule is Cc1cc(NS(=O)(=O)c2cc(N)cc(C)c2F)no1. The zero-order valence-corrected chi connectivity index (χ0v) is 11.1. The van der Waals surface area contributed by atoms with Crippen LogP contribution in [0.25, 0.3) is 0 Å². The number of aryl methyl sites for hydroxylation is 2. The first-order chi connectivity index (χ1) is 8.79. The lowest BCUT2D eigenvalue weighted by molar-refractivity contribution is 0.400. The number of hydrogen-bond acceptors (Lipinski definition) is 5. The molecular formula is C11H12FN3O3S. The van der Waals surface area contributed by atoms with Crippen LogP contribution in [0.1, 0.15) is 11.3 Å². The number of hydrogen-bond donors (Lipinski definition) is 2. The van der Waals surface area contributed by atoms with Crippen molar-refractivity contribution in [3.63, 3.8) is 0 Å². The molecule has 1 aromatic carbocycles. The van der Waals surface area contributed by atoms with Gasteiger partial charge in [0.25, 0.3) is 10.0 Å². The quantitative estimate of drug-likeness (QED) is 0.838. The van der Waals surface area contributed by atoms with Gasteiger partial charge in [0.1, 0.15) is 16.5 Å². The van der Waals surface area contributed by atoms with E-state index < -0.39 is 20.7 Å². The lowest BCUT2D eigenvalue weighted by Gasteiger charge is -2.08. The minimum absolute atomic E-state index is 0.0167. The Hall–Kier alpha value is -2.09. The third kappa shape index (κ3) is 2.68.